The maximum atomic E-state index is 5.51. The van der Waals surface area contributed by atoms with Crippen LogP contribution in [-0.2, 0) is 11.2 Å². The van der Waals surface area contributed by atoms with Crippen LogP contribution in [0.2, 0.25) is 0 Å². The lowest BCUT2D eigenvalue weighted by Crippen LogP contribution is -2.16. The van der Waals surface area contributed by atoms with Crippen LogP contribution in [0.15, 0.2) is 6.33 Å². The molecule has 0 bridgehead atoms. The Labute approximate surface area is 115 Å². The van der Waals surface area contributed by atoms with E-state index in [9.17, 15) is 0 Å². The van der Waals surface area contributed by atoms with Gasteiger partial charge in [0.2, 0.25) is 0 Å². The maximum absolute atomic E-state index is 5.51. The number of hydrazine groups is 1. The lowest BCUT2D eigenvalue weighted by molar-refractivity contribution is 0.141. The average molecular weight is 267 g/mol. The number of hydrogen-bond donors (Lipinski definition) is 3. The molecule has 6 nitrogen and oxygen atoms in total. The van der Waals surface area contributed by atoms with E-state index in [2.05, 4.69) is 34.6 Å². The second-order valence-corrected chi connectivity index (χ2v) is 4.34. The number of unbranched alkanes of at least 4 members (excludes halogenated alkanes) is 1. The SMILES string of the molecule is CCCCOCCNc1ncnc(NN)c1CCC. The van der Waals surface area contributed by atoms with Gasteiger partial charge in [0.1, 0.15) is 18.0 Å². The highest BCUT2D eigenvalue weighted by molar-refractivity contribution is 5.56. The summed E-state index contributed by atoms with van der Waals surface area (Å²) in [6, 6.07) is 0. The van der Waals surface area contributed by atoms with E-state index in [0.717, 1.165) is 50.2 Å². The largest absolute Gasteiger partial charge is 0.380 e. The molecule has 108 valence electrons. The quantitative estimate of drug-likeness (QED) is 0.341. The highest BCUT2D eigenvalue weighted by atomic mass is 16.5. The molecule has 1 aromatic rings. The summed E-state index contributed by atoms with van der Waals surface area (Å²) in [7, 11) is 0. The van der Waals surface area contributed by atoms with E-state index in [1.54, 1.807) is 0 Å². The molecular weight excluding hydrogens is 242 g/mol. The topological polar surface area (TPSA) is 85.1 Å². The number of nitrogens with zero attached hydrogens (tertiary/aromatic N) is 2. The molecule has 1 heterocycles. The first-order valence-corrected chi connectivity index (χ1v) is 6.95. The van der Waals surface area contributed by atoms with E-state index in [4.69, 9.17) is 10.6 Å². The number of ether oxygens (including phenoxy) is 1. The molecule has 0 aromatic carbocycles. The Morgan fingerprint density at radius 2 is 1.95 bits per heavy atom. The van der Waals surface area contributed by atoms with Gasteiger partial charge in [-0.2, -0.15) is 0 Å². The van der Waals surface area contributed by atoms with Crippen LogP contribution in [0.5, 0.6) is 0 Å². The zero-order valence-corrected chi connectivity index (χ0v) is 11.9. The Morgan fingerprint density at radius 1 is 1.16 bits per heavy atom. The molecule has 0 radical (unpaired) electrons. The zero-order valence-electron chi connectivity index (χ0n) is 11.9. The van der Waals surface area contributed by atoms with Gasteiger partial charge in [-0.25, -0.2) is 15.8 Å². The van der Waals surface area contributed by atoms with Gasteiger partial charge in [-0.15, -0.1) is 0 Å². The normalized spacial score (nSPS) is 10.5. The second kappa shape index (κ2) is 9.52. The van der Waals surface area contributed by atoms with Gasteiger partial charge in [-0.1, -0.05) is 26.7 Å². The summed E-state index contributed by atoms with van der Waals surface area (Å²) in [5.41, 5.74) is 3.65. The number of nitrogens with one attached hydrogen (secondary N) is 2. The van der Waals surface area contributed by atoms with Crippen LogP contribution < -0.4 is 16.6 Å². The number of hydrogen-bond acceptors (Lipinski definition) is 6. The summed E-state index contributed by atoms with van der Waals surface area (Å²) in [4.78, 5) is 8.39. The first-order chi connectivity index (χ1) is 9.33. The van der Waals surface area contributed by atoms with Gasteiger partial charge < -0.3 is 15.5 Å². The van der Waals surface area contributed by atoms with Gasteiger partial charge in [-0.05, 0) is 12.8 Å². The lowest BCUT2D eigenvalue weighted by Gasteiger charge is -2.13. The Morgan fingerprint density at radius 3 is 2.63 bits per heavy atom. The zero-order chi connectivity index (χ0) is 13.9. The molecular formula is C13H25N5O. The maximum Gasteiger partial charge on any atom is 0.148 e. The molecule has 0 unspecified atom stereocenters. The summed E-state index contributed by atoms with van der Waals surface area (Å²) in [5.74, 6) is 6.99. The predicted octanol–water partition coefficient (Wildman–Crippen LogP) is 1.94. The third-order valence-corrected chi connectivity index (χ3v) is 2.76. The van der Waals surface area contributed by atoms with Crippen LogP contribution in [0.3, 0.4) is 0 Å². The van der Waals surface area contributed by atoms with E-state index in [1.807, 2.05) is 0 Å². The molecule has 19 heavy (non-hydrogen) atoms. The van der Waals surface area contributed by atoms with Gasteiger partial charge in [0.25, 0.3) is 0 Å². The molecule has 1 rings (SSSR count). The van der Waals surface area contributed by atoms with Crippen LogP contribution in [0.25, 0.3) is 0 Å². The fraction of sp³-hybridized carbons (Fsp3) is 0.692. The van der Waals surface area contributed by atoms with Crippen molar-refractivity contribution in [2.45, 2.75) is 39.5 Å². The minimum atomic E-state index is 0.682. The number of rotatable bonds is 10. The van der Waals surface area contributed by atoms with Gasteiger partial charge >= 0.3 is 0 Å². The fourth-order valence-electron chi connectivity index (χ4n) is 1.77. The number of aromatic nitrogens is 2. The predicted molar refractivity (Wildman–Crippen MR) is 78.1 cm³/mol. The van der Waals surface area contributed by atoms with E-state index in [-0.39, 0.29) is 0 Å². The number of anilines is 2. The molecule has 0 aliphatic carbocycles. The van der Waals surface area contributed by atoms with Crippen molar-refractivity contribution in [1.82, 2.24) is 9.97 Å². The van der Waals surface area contributed by atoms with Crippen LogP contribution in [0, 0.1) is 0 Å². The van der Waals surface area contributed by atoms with E-state index < -0.39 is 0 Å². The third kappa shape index (κ3) is 5.40. The minimum absolute atomic E-state index is 0.682. The van der Waals surface area contributed by atoms with Crippen molar-refractivity contribution in [3.05, 3.63) is 11.9 Å². The fourth-order valence-corrected chi connectivity index (χ4v) is 1.77. The van der Waals surface area contributed by atoms with Crippen molar-refractivity contribution in [2.75, 3.05) is 30.5 Å². The highest BCUT2D eigenvalue weighted by Gasteiger charge is 2.09. The van der Waals surface area contributed by atoms with E-state index >= 15 is 0 Å². The van der Waals surface area contributed by atoms with Crippen LogP contribution in [0.1, 0.15) is 38.7 Å². The summed E-state index contributed by atoms with van der Waals surface area (Å²) in [6.45, 7) is 6.51. The number of nitrogens with two attached hydrogens (primary N) is 1. The molecule has 0 aliphatic rings. The van der Waals surface area contributed by atoms with Gasteiger partial charge in [0.15, 0.2) is 0 Å². The van der Waals surface area contributed by atoms with Crippen molar-refractivity contribution in [1.29, 1.82) is 0 Å². The molecule has 4 N–H and O–H groups in total. The standard InChI is InChI=1S/C13H25N5O/c1-3-5-8-19-9-7-15-12-11(6-4-2)13(18-14)17-10-16-12/h10H,3-9,14H2,1-2H3,(H2,15,16,17,18). The van der Waals surface area contributed by atoms with E-state index in [0.29, 0.717) is 12.4 Å². The summed E-state index contributed by atoms with van der Waals surface area (Å²) >= 11 is 0. The van der Waals surface area contributed by atoms with Gasteiger partial charge in [0, 0.05) is 18.7 Å². The average Bonchev–Trinajstić information content (AvgIpc) is 2.44. The molecule has 1 aromatic heterocycles. The molecule has 0 saturated heterocycles. The highest BCUT2D eigenvalue weighted by Crippen LogP contribution is 2.20. The summed E-state index contributed by atoms with van der Waals surface area (Å²) < 4.78 is 5.51. The summed E-state index contributed by atoms with van der Waals surface area (Å²) in [5, 5.41) is 3.28. The third-order valence-electron chi connectivity index (χ3n) is 2.76. The van der Waals surface area contributed by atoms with Gasteiger partial charge in [0.05, 0.1) is 6.61 Å². The van der Waals surface area contributed by atoms with Crippen molar-refractivity contribution < 1.29 is 4.74 Å². The molecule has 0 atom stereocenters. The first kappa shape index (κ1) is 15.7. The molecule has 0 spiro atoms. The molecule has 0 aliphatic heterocycles. The van der Waals surface area contributed by atoms with E-state index in [1.165, 1.54) is 6.33 Å². The smallest absolute Gasteiger partial charge is 0.148 e. The van der Waals surface area contributed by atoms with Crippen LogP contribution in [0.4, 0.5) is 11.6 Å². The van der Waals surface area contributed by atoms with Crippen LogP contribution in [-0.4, -0.2) is 29.7 Å². The van der Waals surface area contributed by atoms with Crippen molar-refractivity contribution in [3.8, 4) is 0 Å². The molecule has 0 fully saturated rings. The molecule has 0 amide bonds. The lowest BCUT2D eigenvalue weighted by atomic mass is 10.1. The summed E-state index contributed by atoms with van der Waals surface area (Å²) in [6.07, 6.45) is 5.68. The monoisotopic (exact) mass is 267 g/mol. The minimum Gasteiger partial charge on any atom is -0.380 e. The Hall–Kier alpha value is -1.40. The Kier molecular flexibility index (Phi) is 7.84. The first-order valence-electron chi connectivity index (χ1n) is 6.95. The second-order valence-electron chi connectivity index (χ2n) is 4.34. The Balaban J connectivity index is 2.47. The van der Waals surface area contributed by atoms with Crippen molar-refractivity contribution in [2.24, 2.45) is 5.84 Å². The van der Waals surface area contributed by atoms with Crippen LogP contribution >= 0.6 is 0 Å². The number of nitrogen functional groups attached to an aromatic ring is 1. The molecule has 0 saturated carbocycles. The van der Waals surface area contributed by atoms with Crippen molar-refractivity contribution in [3.63, 3.8) is 0 Å². The van der Waals surface area contributed by atoms with Gasteiger partial charge in [-0.3, -0.25) is 0 Å². The van der Waals surface area contributed by atoms with Crippen molar-refractivity contribution >= 4 is 11.6 Å². The Bertz CT molecular complexity index is 359. The molecule has 6 heteroatoms.